The Morgan fingerprint density at radius 2 is 1.58 bits per heavy atom. The summed E-state index contributed by atoms with van der Waals surface area (Å²) in [5, 5.41) is 0. The zero-order valence-corrected chi connectivity index (χ0v) is 12.9. The molecule has 0 aromatic rings. The second-order valence-electron chi connectivity index (χ2n) is 7.43. The summed E-state index contributed by atoms with van der Waals surface area (Å²) >= 11 is 0. The van der Waals surface area contributed by atoms with Crippen molar-refractivity contribution in [3.63, 3.8) is 0 Å². The van der Waals surface area contributed by atoms with Gasteiger partial charge < -0.3 is 5.73 Å². The number of likely N-dealkylation sites (N-methyl/N-ethyl adjacent to an activating group) is 1. The molecule has 0 aromatic heterocycles. The maximum absolute atomic E-state index is 6.40. The molecular formula is C17H32N2. The number of nitrogens with two attached hydrogens (primary N) is 1. The Labute approximate surface area is 119 Å². The lowest BCUT2D eigenvalue weighted by Gasteiger charge is -2.64. The van der Waals surface area contributed by atoms with Crippen molar-refractivity contribution >= 4 is 0 Å². The highest BCUT2D eigenvalue weighted by Gasteiger charge is 2.58. The fourth-order valence-electron chi connectivity index (χ4n) is 5.99. The molecule has 0 radical (unpaired) electrons. The second kappa shape index (κ2) is 5.37. The maximum atomic E-state index is 6.40. The second-order valence-corrected chi connectivity index (χ2v) is 7.43. The Morgan fingerprint density at radius 3 is 2.00 bits per heavy atom. The fraction of sp³-hybridized carbons (Fsp3) is 1.00. The SMILES string of the molecule is CCCCN(CC)C1(CN)C2CC3CC(C2)CC1C3. The van der Waals surface area contributed by atoms with Gasteiger partial charge in [-0.15, -0.1) is 0 Å². The third kappa shape index (κ3) is 2.06. The molecule has 2 heteroatoms. The first-order valence-corrected chi connectivity index (χ1v) is 8.69. The number of rotatable bonds is 6. The highest BCUT2D eigenvalue weighted by Crippen LogP contribution is 2.59. The molecule has 2 nitrogen and oxygen atoms in total. The summed E-state index contributed by atoms with van der Waals surface area (Å²) in [5.41, 5.74) is 6.77. The lowest BCUT2D eigenvalue weighted by atomic mass is 9.48. The summed E-state index contributed by atoms with van der Waals surface area (Å²) < 4.78 is 0. The van der Waals surface area contributed by atoms with Gasteiger partial charge in [-0.05, 0) is 75.3 Å². The minimum atomic E-state index is 0.372. The molecule has 4 saturated carbocycles. The third-order valence-electron chi connectivity index (χ3n) is 6.63. The molecule has 4 fully saturated rings. The summed E-state index contributed by atoms with van der Waals surface area (Å²) in [4.78, 5) is 2.80. The summed E-state index contributed by atoms with van der Waals surface area (Å²) in [5.74, 6) is 3.91. The Balaban J connectivity index is 1.85. The quantitative estimate of drug-likeness (QED) is 0.798. The van der Waals surface area contributed by atoms with Crippen molar-refractivity contribution in [1.29, 1.82) is 0 Å². The van der Waals surface area contributed by atoms with E-state index in [4.69, 9.17) is 5.73 Å². The molecule has 0 amide bonds. The van der Waals surface area contributed by atoms with Crippen LogP contribution in [0.2, 0.25) is 0 Å². The molecule has 4 rings (SSSR count). The first-order chi connectivity index (χ1) is 9.24. The molecular weight excluding hydrogens is 232 g/mol. The van der Waals surface area contributed by atoms with Crippen molar-refractivity contribution in [2.45, 2.75) is 64.3 Å². The van der Waals surface area contributed by atoms with Gasteiger partial charge in [0.1, 0.15) is 0 Å². The van der Waals surface area contributed by atoms with E-state index in [-0.39, 0.29) is 0 Å². The van der Waals surface area contributed by atoms with Crippen LogP contribution < -0.4 is 5.73 Å². The molecule has 0 spiro atoms. The number of hydrogen-bond donors (Lipinski definition) is 1. The lowest BCUT2D eigenvalue weighted by Crippen LogP contribution is -2.69. The molecule has 0 aromatic carbocycles. The zero-order chi connectivity index (χ0) is 13.5. The Bertz CT molecular complexity index is 284. The molecule has 0 aliphatic heterocycles. The van der Waals surface area contributed by atoms with Crippen molar-refractivity contribution in [2.75, 3.05) is 19.6 Å². The smallest absolute Gasteiger partial charge is 0.0388 e. The molecule has 19 heavy (non-hydrogen) atoms. The average Bonchev–Trinajstić information content (AvgIpc) is 2.41. The third-order valence-corrected chi connectivity index (χ3v) is 6.63. The van der Waals surface area contributed by atoms with Crippen LogP contribution in [0.3, 0.4) is 0 Å². The van der Waals surface area contributed by atoms with E-state index < -0.39 is 0 Å². The molecule has 0 saturated heterocycles. The van der Waals surface area contributed by atoms with E-state index in [0.717, 1.165) is 30.2 Å². The van der Waals surface area contributed by atoms with Crippen LogP contribution in [0.25, 0.3) is 0 Å². The highest BCUT2D eigenvalue weighted by atomic mass is 15.2. The normalized spacial score (nSPS) is 44.2. The van der Waals surface area contributed by atoms with Gasteiger partial charge in [-0.2, -0.15) is 0 Å². The average molecular weight is 264 g/mol. The predicted octanol–water partition coefficient (Wildman–Crippen LogP) is 3.26. The monoisotopic (exact) mass is 264 g/mol. The lowest BCUT2D eigenvalue weighted by molar-refractivity contribution is -0.130. The van der Waals surface area contributed by atoms with Gasteiger partial charge in [-0.25, -0.2) is 0 Å². The van der Waals surface area contributed by atoms with E-state index >= 15 is 0 Å². The number of hydrogen-bond acceptors (Lipinski definition) is 2. The van der Waals surface area contributed by atoms with Crippen molar-refractivity contribution in [3.8, 4) is 0 Å². The van der Waals surface area contributed by atoms with Crippen LogP contribution in [0.15, 0.2) is 0 Å². The van der Waals surface area contributed by atoms with Crippen LogP contribution in [0.1, 0.15) is 58.8 Å². The standard InChI is InChI=1S/C17H32N2/c1-3-5-6-19(4-2)17(12-18)15-8-13-7-14(10-15)11-16(17)9-13/h13-16H,3-12,18H2,1-2H3. The highest BCUT2D eigenvalue weighted by molar-refractivity contribution is 5.12. The molecule has 4 bridgehead atoms. The van der Waals surface area contributed by atoms with Crippen molar-refractivity contribution in [2.24, 2.45) is 29.4 Å². The van der Waals surface area contributed by atoms with Gasteiger partial charge in [0.2, 0.25) is 0 Å². The molecule has 2 N–H and O–H groups in total. The van der Waals surface area contributed by atoms with Crippen LogP contribution in [0.4, 0.5) is 0 Å². The van der Waals surface area contributed by atoms with E-state index in [0.29, 0.717) is 5.54 Å². The Hall–Kier alpha value is -0.0800. The van der Waals surface area contributed by atoms with Crippen LogP contribution in [-0.2, 0) is 0 Å². The fourth-order valence-corrected chi connectivity index (χ4v) is 5.99. The molecule has 0 unspecified atom stereocenters. The van der Waals surface area contributed by atoms with E-state index in [1.165, 1.54) is 58.0 Å². The molecule has 0 heterocycles. The van der Waals surface area contributed by atoms with Gasteiger partial charge in [-0.3, -0.25) is 4.90 Å². The van der Waals surface area contributed by atoms with E-state index in [9.17, 15) is 0 Å². The van der Waals surface area contributed by atoms with Gasteiger partial charge in [-0.1, -0.05) is 20.3 Å². The minimum Gasteiger partial charge on any atom is -0.329 e. The predicted molar refractivity (Wildman–Crippen MR) is 81.0 cm³/mol. The summed E-state index contributed by atoms with van der Waals surface area (Å²) in [6.07, 6.45) is 10.1. The Kier molecular flexibility index (Phi) is 3.92. The van der Waals surface area contributed by atoms with Crippen molar-refractivity contribution in [1.82, 2.24) is 4.90 Å². The topological polar surface area (TPSA) is 29.3 Å². The largest absolute Gasteiger partial charge is 0.329 e. The molecule has 0 atom stereocenters. The summed E-state index contributed by atoms with van der Waals surface area (Å²) in [6.45, 7) is 8.02. The first kappa shape index (κ1) is 13.9. The minimum absolute atomic E-state index is 0.372. The van der Waals surface area contributed by atoms with Gasteiger partial charge in [0.15, 0.2) is 0 Å². The van der Waals surface area contributed by atoms with Crippen LogP contribution in [-0.4, -0.2) is 30.1 Å². The first-order valence-electron chi connectivity index (χ1n) is 8.69. The summed E-state index contributed by atoms with van der Waals surface area (Å²) in [6, 6.07) is 0. The van der Waals surface area contributed by atoms with E-state index in [1.807, 2.05) is 0 Å². The van der Waals surface area contributed by atoms with Crippen LogP contribution in [0.5, 0.6) is 0 Å². The van der Waals surface area contributed by atoms with E-state index in [1.54, 1.807) is 0 Å². The van der Waals surface area contributed by atoms with Gasteiger partial charge in [0.05, 0.1) is 0 Å². The van der Waals surface area contributed by atoms with E-state index in [2.05, 4.69) is 18.7 Å². The van der Waals surface area contributed by atoms with Gasteiger partial charge >= 0.3 is 0 Å². The van der Waals surface area contributed by atoms with Crippen molar-refractivity contribution < 1.29 is 0 Å². The number of unbranched alkanes of at least 4 members (excludes halogenated alkanes) is 1. The van der Waals surface area contributed by atoms with Gasteiger partial charge in [0, 0.05) is 12.1 Å². The molecule has 4 aliphatic carbocycles. The van der Waals surface area contributed by atoms with Crippen LogP contribution >= 0.6 is 0 Å². The molecule has 4 aliphatic rings. The van der Waals surface area contributed by atoms with Crippen molar-refractivity contribution in [3.05, 3.63) is 0 Å². The zero-order valence-electron chi connectivity index (χ0n) is 12.9. The van der Waals surface area contributed by atoms with Gasteiger partial charge in [0.25, 0.3) is 0 Å². The number of nitrogens with zero attached hydrogens (tertiary/aromatic N) is 1. The van der Waals surface area contributed by atoms with Crippen LogP contribution in [0, 0.1) is 23.7 Å². The molecule has 110 valence electrons. The maximum Gasteiger partial charge on any atom is 0.0388 e. The summed E-state index contributed by atoms with van der Waals surface area (Å²) in [7, 11) is 0. The Morgan fingerprint density at radius 1 is 1.00 bits per heavy atom.